The van der Waals surface area contributed by atoms with E-state index in [-0.39, 0.29) is 18.0 Å². The number of aromatic carboxylic acids is 1. The summed E-state index contributed by atoms with van der Waals surface area (Å²) in [5.74, 6) is -0.531. The van der Waals surface area contributed by atoms with Crippen LogP contribution in [0.5, 0.6) is 11.5 Å². The molecule has 0 aliphatic rings. The largest absolute Gasteiger partial charge is 0.496 e. The van der Waals surface area contributed by atoms with Crippen LogP contribution in [0.1, 0.15) is 21.5 Å². The predicted octanol–water partition coefficient (Wildman–Crippen LogP) is 3.42. The molecule has 0 fully saturated rings. The van der Waals surface area contributed by atoms with Crippen molar-refractivity contribution in [3.05, 3.63) is 58.9 Å². The minimum atomic E-state index is -1.06. The first-order valence-corrected chi connectivity index (χ1v) is 6.30. The van der Waals surface area contributed by atoms with Gasteiger partial charge in [-0.3, -0.25) is 0 Å². The number of benzene rings is 2. The zero-order valence-corrected chi connectivity index (χ0v) is 11.7. The lowest BCUT2D eigenvalue weighted by molar-refractivity contribution is 0.0693. The maximum atomic E-state index is 13.2. The van der Waals surface area contributed by atoms with Crippen molar-refractivity contribution in [1.29, 1.82) is 0 Å². The van der Waals surface area contributed by atoms with Crippen LogP contribution in [0.3, 0.4) is 0 Å². The third-order valence-electron chi connectivity index (χ3n) is 3.03. The highest BCUT2D eigenvalue weighted by Crippen LogP contribution is 2.22. The summed E-state index contributed by atoms with van der Waals surface area (Å²) in [7, 11) is 1.42. The van der Waals surface area contributed by atoms with Gasteiger partial charge in [-0.15, -0.1) is 0 Å². The molecule has 0 aliphatic heterocycles. The number of ether oxygens (including phenoxy) is 2. The molecule has 0 atom stereocenters. The summed E-state index contributed by atoms with van der Waals surface area (Å²) < 4.78 is 23.7. The van der Waals surface area contributed by atoms with Crippen LogP contribution in [0, 0.1) is 12.7 Å². The summed E-state index contributed by atoms with van der Waals surface area (Å²) in [4.78, 5) is 11.1. The Hall–Kier alpha value is -2.56. The zero-order valence-electron chi connectivity index (χ0n) is 11.7. The number of rotatable bonds is 5. The Morgan fingerprint density at radius 2 is 2.00 bits per heavy atom. The second-order valence-corrected chi connectivity index (χ2v) is 4.54. The summed E-state index contributed by atoms with van der Waals surface area (Å²) >= 11 is 0. The van der Waals surface area contributed by atoms with E-state index in [0.717, 1.165) is 0 Å². The Bertz CT molecular complexity index is 667. The highest BCUT2D eigenvalue weighted by molar-refractivity contribution is 5.91. The van der Waals surface area contributed by atoms with Crippen LogP contribution >= 0.6 is 0 Å². The number of carbonyl (C=O) groups is 1. The maximum absolute atomic E-state index is 13.2. The average Bonchev–Trinajstić information content (AvgIpc) is 2.48. The van der Waals surface area contributed by atoms with Gasteiger partial charge in [-0.2, -0.15) is 0 Å². The fraction of sp³-hybridized carbons (Fsp3) is 0.188. The van der Waals surface area contributed by atoms with Crippen molar-refractivity contribution in [3.63, 3.8) is 0 Å². The van der Waals surface area contributed by atoms with Crippen LogP contribution in [-0.2, 0) is 6.61 Å². The normalized spacial score (nSPS) is 10.2. The summed E-state index contributed by atoms with van der Waals surface area (Å²) in [6, 6.07) is 9.26. The van der Waals surface area contributed by atoms with Crippen LogP contribution < -0.4 is 9.47 Å². The van der Waals surface area contributed by atoms with Crippen LogP contribution in [0.4, 0.5) is 4.39 Å². The molecule has 21 heavy (non-hydrogen) atoms. The van der Waals surface area contributed by atoms with E-state index in [2.05, 4.69) is 0 Å². The Balaban J connectivity index is 2.14. The third-order valence-corrected chi connectivity index (χ3v) is 3.03. The second-order valence-electron chi connectivity index (χ2n) is 4.54. The summed E-state index contributed by atoms with van der Waals surface area (Å²) in [6.07, 6.45) is 0. The molecule has 0 heterocycles. The minimum absolute atomic E-state index is 0.0777. The van der Waals surface area contributed by atoms with Gasteiger partial charge in [0.05, 0.1) is 7.11 Å². The van der Waals surface area contributed by atoms with Gasteiger partial charge in [0, 0.05) is 0 Å². The number of methoxy groups -OCH3 is 1. The van der Waals surface area contributed by atoms with Crippen molar-refractivity contribution in [3.8, 4) is 11.5 Å². The first kappa shape index (κ1) is 14.8. The Labute approximate surface area is 121 Å². The van der Waals surface area contributed by atoms with Gasteiger partial charge in [0.2, 0.25) is 0 Å². The fourth-order valence-corrected chi connectivity index (χ4v) is 1.89. The highest BCUT2D eigenvalue weighted by Gasteiger charge is 2.11. The average molecular weight is 290 g/mol. The standard InChI is InChI=1S/C16H15FO4/c1-10-7-12(4-5-14(10)17)21-9-11-3-6-15(20-2)13(8-11)16(18)19/h3-8H,9H2,1-2H3,(H,18,19). The lowest BCUT2D eigenvalue weighted by atomic mass is 10.1. The van der Waals surface area contributed by atoms with E-state index in [1.165, 1.54) is 25.3 Å². The van der Waals surface area contributed by atoms with Gasteiger partial charge in [0.1, 0.15) is 29.5 Å². The molecule has 0 aromatic heterocycles. The number of aryl methyl sites for hydroxylation is 1. The van der Waals surface area contributed by atoms with Crippen LogP contribution in [0.2, 0.25) is 0 Å². The number of halogens is 1. The van der Waals surface area contributed by atoms with E-state index < -0.39 is 5.97 Å². The van der Waals surface area contributed by atoms with Crippen LogP contribution in [0.15, 0.2) is 36.4 Å². The molecule has 0 saturated carbocycles. The molecule has 0 bridgehead atoms. The summed E-state index contributed by atoms with van der Waals surface area (Å²) in [5.41, 5.74) is 1.26. The smallest absolute Gasteiger partial charge is 0.339 e. The van der Waals surface area contributed by atoms with Gasteiger partial charge in [0.25, 0.3) is 0 Å². The number of carboxylic acids is 1. The number of hydrogen-bond donors (Lipinski definition) is 1. The van der Waals surface area contributed by atoms with Gasteiger partial charge >= 0.3 is 5.97 Å². The van der Waals surface area contributed by atoms with Crippen LogP contribution in [0.25, 0.3) is 0 Å². The quantitative estimate of drug-likeness (QED) is 0.916. The van der Waals surface area contributed by atoms with Gasteiger partial charge in [-0.05, 0) is 48.4 Å². The van der Waals surface area contributed by atoms with E-state index in [0.29, 0.717) is 22.6 Å². The van der Waals surface area contributed by atoms with E-state index in [1.807, 2.05) is 0 Å². The van der Waals surface area contributed by atoms with Crippen molar-refractivity contribution in [2.24, 2.45) is 0 Å². The molecule has 0 unspecified atom stereocenters. The molecule has 1 N–H and O–H groups in total. The molecule has 2 rings (SSSR count). The predicted molar refractivity (Wildman–Crippen MR) is 75.4 cm³/mol. The number of hydrogen-bond acceptors (Lipinski definition) is 3. The first-order chi connectivity index (χ1) is 10.0. The molecule has 2 aromatic rings. The molecule has 0 spiro atoms. The summed E-state index contributed by atoms with van der Waals surface area (Å²) in [5, 5.41) is 9.11. The molecule has 0 saturated heterocycles. The number of carboxylic acid groups (broad SMARTS) is 1. The van der Waals surface area contributed by atoms with Crippen molar-refractivity contribution in [2.75, 3.05) is 7.11 Å². The van der Waals surface area contributed by atoms with Crippen LogP contribution in [-0.4, -0.2) is 18.2 Å². The topological polar surface area (TPSA) is 55.8 Å². The molecule has 0 aliphatic carbocycles. The van der Waals surface area contributed by atoms with Gasteiger partial charge < -0.3 is 14.6 Å². The van der Waals surface area contributed by atoms with Gasteiger partial charge in [0.15, 0.2) is 0 Å². The molecular formula is C16H15FO4. The third kappa shape index (κ3) is 3.51. The van der Waals surface area contributed by atoms with Gasteiger partial charge in [-0.25, -0.2) is 9.18 Å². The van der Waals surface area contributed by atoms with E-state index in [9.17, 15) is 9.18 Å². The monoisotopic (exact) mass is 290 g/mol. The fourth-order valence-electron chi connectivity index (χ4n) is 1.89. The molecule has 0 radical (unpaired) electrons. The first-order valence-electron chi connectivity index (χ1n) is 6.30. The van der Waals surface area contributed by atoms with E-state index >= 15 is 0 Å². The molecule has 5 heteroatoms. The van der Waals surface area contributed by atoms with Crippen molar-refractivity contribution in [2.45, 2.75) is 13.5 Å². The SMILES string of the molecule is COc1ccc(COc2ccc(F)c(C)c2)cc1C(=O)O. The van der Waals surface area contributed by atoms with E-state index in [4.69, 9.17) is 14.6 Å². The van der Waals surface area contributed by atoms with E-state index in [1.54, 1.807) is 25.1 Å². The minimum Gasteiger partial charge on any atom is -0.496 e. The molecule has 2 aromatic carbocycles. The van der Waals surface area contributed by atoms with Crippen molar-refractivity contribution >= 4 is 5.97 Å². The Morgan fingerprint density at radius 1 is 1.24 bits per heavy atom. The van der Waals surface area contributed by atoms with Crippen molar-refractivity contribution < 1.29 is 23.8 Å². The maximum Gasteiger partial charge on any atom is 0.339 e. The molecule has 4 nitrogen and oxygen atoms in total. The Morgan fingerprint density at radius 3 is 2.62 bits per heavy atom. The molecular weight excluding hydrogens is 275 g/mol. The highest BCUT2D eigenvalue weighted by atomic mass is 19.1. The zero-order chi connectivity index (χ0) is 15.4. The lowest BCUT2D eigenvalue weighted by Gasteiger charge is -2.10. The molecule has 110 valence electrons. The Kier molecular flexibility index (Phi) is 4.42. The van der Waals surface area contributed by atoms with Crippen molar-refractivity contribution in [1.82, 2.24) is 0 Å². The molecule has 0 amide bonds. The van der Waals surface area contributed by atoms with Gasteiger partial charge in [-0.1, -0.05) is 6.07 Å². The second kappa shape index (κ2) is 6.26. The summed E-state index contributed by atoms with van der Waals surface area (Å²) in [6.45, 7) is 1.84. The lowest BCUT2D eigenvalue weighted by Crippen LogP contribution is -2.03.